The van der Waals surface area contributed by atoms with Crippen molar-refractivity contribution in [2.45, 2.75) is 4.90 Å². The van der Waals surface area contributed by atoms with Crippen LogP contribution in [0.25, 0.3) is 0 Å². The molecule has 110 valence electrons. The van der Waals surface area contributed by atoms with Crippen LogP contribution in [0, 0.1) is 0 Å². The average molecular weight is 360 g/mol. The summed E-state index contributed by atoms with van der Waals surface area (Å²) in [5.41, 5.74) is 1.02. The molecule has 1 heterocycles. The van der Waals surface area contributed by atoms with Gasteiger partial charge in [-0.1, -0.05) is 22.5 Å². The highest BCUT2D eigenvalue weighted by Gasteiger charge is 2.17. The van der Waals surface area contributed by atoms with Crippen LogP contribution in [0.4, 0.5) is 5.69 Å². The van der Waals surface area contributed by atoms with Crippen LogP contribution in [-0.4, -0.2) is 46.0 Å². The summed E-state index contributed by atoms with van der Waals surface area (Å²) in [5, 5.41) is 5.09. The maximum atomic E-state index is 11.2. The Hall–Kier alpha value is -0.890. The maximum Gasteiger partial charge on any atom is 0.238 e. The highest BCUT2D eigenvalue weighted by molar-refractivity contribution is 9.11. The molecule has 0 unspecified atom stereocenters. The normalized spacial score (nSPS) is 17.2. The van der Waals surface area contributed by atoms with E-state index in [9.17, 15) is 8.42 Å². The van der Waals surface area contributed by atoms with Gasteiger partial charge >= 0.3 is 0 Å². The molecule has 2 rings (SSSR count). The number of piperazine rings is 1. The molecule has 1 aromatic rings. The van der Waals surface area contributed by atoms with Gasteiger partial charge in [0.25, 0.3) is 0 Å². The van der Waals surface area contributed by atoms with Gasteiger partial charge in [-0.05, 0) is 24.3 Å². The molecule has 0 saturated carbocycles. The lowest BCUT2D eigenvalue weighted by molar-refractivity contribution is 0.283. The Balaban J connectivity index is 1.99. The molecule has 0 radical (unpaired) electrons. The molecule has 0 atom stereocenters. The molecule has 20 heavy (non-hydrogen) atoms. The van der Waals surface area contributed by atoms with Crippen molar-refractivity contribution in [2.75, 3.05) is 37.6 Å². The summed E-state index contributed by atoms with van der Waals surface area (Å²) in [6.45, 7) is 8.45. The SMILES string of the molecule is C=C(Br)CN1CCN(c2ccc(S(N)(=O)=O)cc2)CC1. The van der Waals surface area contributed by atoms with Crippen LogP contribution in [-0.2, 0) is 10.0 Å². The largest absolute Gasteiger partial charge is 0.369 e. The number of anilines is 1. The van der Waals surface area contributed by atoms with Gasteiger partial charge in [-0.25, -0.2) is 13.6 Å². The molecule has 0 spiro atoms. The molecule has 0 amide bonds. The van der Waals surface area contributed by atoms with Crippen molar-refractivity contribution in [1.29, 1.82) is 0 Å². The minimum atomic E-state index is -3.61. The van der Waals surface area contributed by atoms with Crippen LogP contribution in [0.3, 0.4) is 0 Å². The Labute approximate surface area is 128 Å². The number of sulfonamides is 1. The van der Waals surface area contributed by atoms with Crippen molar-refractivity contribution in [2.24, 2.45) is 5.14 Å². The van der Waals surface area contributed by atoms with Crippen LogP contribution in [0.5, 0.6) is 0 Å². The van der Waals surface area contributed by atoms with E-state index in [2.05, 4.69) is 32.3 Å². The van der Waals surface area contributed by atoms with E-state index in [0.717, 1.165) is 42.9 Å². The van der Waals surface area contributed by atoms with Gasteiger partial charge in [0.15, 0.2) is 0 Å². The fourth-order valence-corrected chi connectivity index (χ4v) is 3.12. The first-order valence-electron chi connectivity index (χ1n) is 6.30. The summed E-state index contributed by atoms with van der Waals surface area (Å²) >= 11 is 3.38. The lowest BCUT2D eigenvalue weighted by Gasteiger charge is -2.36. The van der Waals surface area contributed by atoms with Crippen LogP contribution >= 0.6 is 15.9 Å². The average Bonchev–Trinajstić information content (AvgIpc) is 2.38. The molecule has 0 aromatic heterocycles. The minimum absolute atomic E-state index is 0.149. The van der Waals surface area contributed by atoms with E-state index in [1.807, 2.05) is 0 Å². The Morgan fingerprint density at radius 3 is 2.20 bits per heavy atom. The fraction of sp³-hybridized carbons (Fsp3) is 0.385. The quantitative estimate of drug-likeness (QED) is 0.881. The molecular formula is C13H18BrN3O2S. The number of nitrogens with zero attached hydrogens (tertiary/aromatic N) is 2. The van der Waals surface area contributed by atoms with E-state index in [4.69, 9.17) is 5.14 Å². The number of rotatable bonds is 4. The van der Waals surface area contributed by atoms with Gasteiger partial charge in [-0.3, -0.25) is 4.90 Å². The second-order valence-corrected chi connectivity index (χ2v) is 7.50. The summed E-state index contributed by atoms with van der Waals surface area (Å²) in [7, 11) is -3.61. The van der Waals surface area contributed by atoms with Gasteiger partial charge in [0, 0.05) is 42.9 Å². The van der Waals surface area contributed by atoms with Gasteiger partial charge in [0.2, 0.25) is 10.0 Å². The standard InChI is InChI=1S/C13H18BrN3O2S/c1-11(14)10-16-6-8-17(9-7-16)12-2-4-13(5-3-12)20(15,18)19/h2-5H,1,6-10H2,(H2,15,18,19). The predicted molar refractivity (Wildman–Crippen MR) is 84.5 cm³/mol. The van der Waals surface area contributed by atoms with Gasteiger partial charge in [-0.15, -0.1) is 0 Å². The Morgan fingerprint density at radius 1 is 1.20 bits per heavy atom. The molecule has 1 aromatic carbocycles. The number of primary sulfonamides is 1. The first-order valence-corrected chi connectivity index (χ1v) is 8.63. The van der Waals surface area contributed by atoms with E-state index in [0.29, 0.717) is 0 Å². The van der Waals surface area contributed by atoms with Gasteiger partial charge < -0.3 is 4.90 Å². The smallest absolute Gasteiger partial charge is 0.238 e. The Kier molecular flexibility index (Phi) is 4.85. The molecule has 1 fully saturated rings. The number of halogens is 1. The zero-order chi connectivity index (χ0) is 14.8. The summed E-state index contributed by atoms with van der Waals surface area (Å²) in [6, 6.07) is 6.71. The first-order chi connectivity index (χ1) is 9.36. The van der Waals surface area contributed by atoms with Crippen LogP contribution in [0.15, 0.2) is 40.2 Å². The Morgan fingerprint density at radius 2 is 1.75 bits per heavy atom. The van der Waals surface area contributed by atoms with Crippen molar-refractivity contribution < 1.29 is 8.42 Å². The van der Waals surface area contributed by atoms with Crippen molar-refractivity contribution in [3.8, 4) is 0 Å². The van der Waals surface area contributed by atoms with Crippen molar-refractivity contribution >= 4 is 31.6 Å². The van der Waals surface area contributed by atoms with Gasteiger partial charge in [0.05, 0.1) is 4.90 Å². The van der Waals surface area contributed by atoms with Crippen LogP contribution < -0.4 is 10.0 Å². The van der Waals surface area contributed by atoms with E-state index in [1.165, 1.54) is 0 Å². The lowest BCUT2D eigenvalue weighted by Crippen LogP contribution is -2.46. The summed E-state index contributed by atoms with van der Waals surface area (Å²) in [4.78, 5) is 4.71. The molecule has 7 heteroatoms. The highest BCUT2D eigenvalue weighted by Crippen LogP contribution is 2.19. The second kappa shape index (κ2) is 6.26. The van der Waals surface area contributed by atoms with Crippen molar-refractivity contribution in [3.05, 3.63) is 35.3 Å². The third-order valence-corrected chi connectivity index (χ3v) is 4.48. The zero-order valence-electron chi connectivity index (χ0n) is 11.1. The zero-order valence-corrected chi connectivity index (χ0v) is 13.5. The Bertz CT molecular complexity index is 578. The summed E-state index contributed by atoms with van der Waals surface area (Å²) in [6.07, 6.45) is 0. The monoisotopic (exact) mass is 359 g/mol. The maximum absolute atomic E-state index is 11.2. The number of hydrogen-bond acceptors (Lipinski definition) is 4. The van der Waals surface area contributed by atoms with Crippen molar-refractivity contribution in [1.82, 2.24) is 4.90 Å². The minimum Gasteiger partial charge on any atom is -0.369 e. The molecule has 1 saturated heterocycles. The number of benzene rings is 1. The predicted octanol–water partition coefficient (Wildman–Crippen LogP) is 1.36. The molecule has 0 aliphatic carbocycles. The third kappa shape index (κ3) is 4.05. The third-order valence-electron chi connectivity index (χ3n) is 3.30. The van der Waals surface area contributed by atoms with E-state index >= 15 is 0 Å². The molecule has 0 bridgehead atoms. The molecule has 1 aliphatic heterocycles. The van der Waals surface area contributed by atoms with Crippen LogP contribution in [0.1, 0.15) is 0 Å². The van der Waals surface area contributed by atoms with E-state index in [1.54, 1.807) is 24.3 Å². The molecule has 2 N–H and O–H groups in total. The first kappa shape index (κ1) is 15.5. The molecule has 1 aliphatic rings. The highest BCUT2D eigenvalue weighted by atomic mass is 79.9. The number of hydrogen-bond donors (Lipinski definition) is 1. The molecule has 5 nitrogen and oxygen atoms in total. The van der Waals surface area contributed by atoms with Gasteiger partial charge in [-0.2, -0.15) is 0 Å². The fourth-order valence-electron chi connectivity index (χ4n) is 2.25. The summed E-state index contributed by atoms with van der Waals surface area (Å²) in [5.74, 6) is 0. The topological polar surface area (TPSA) is 66.6 Å². The molecular weight excluding hydrogens is 342 g/mol. The van der Waals surface area contributed by atoms with Crippen LogP contribution in [0.2, 0.25) is 0 Å². The van der Waals surface area contributed by atoms with E-state index < -0.39 is 10.0 Å². The number of nitrogens with two attached hydrogens (primary N) is 1. The van der Waals surface area contributed by atoms with E-state index in [-0.39, 0.29) is 4.90 Å². The summed E-state index contributed by atoms with van der Waals surface area (Å²) < 4.78 is 23.4. The second-order valence-electron chi connectivity index (χ2n) is 4.82. The van der Waals surface area contributed by atoms with Crippen molar-refractivity contribution in [3.63, 3.8) is 0 Å². The van der Waals surface area contributed by atoms with Gasteiger partial charge in [0.1, 0.15) is 0 Å². The lowest BCUT2D eigenvalue weighted by atomic mass is 10.2.